The van der Waals surface area contributed by atoms with Crippen molar-refractivity contribution >= 4 is 17.6 Å². The van der Waals surface area contributed by atoms with Crippen LogP contribution in [0.1, 0.15) is 56.8 Å². The molecule has 0 aromatic heterocycles. The number of nitrogens with zero attached hydrogens (tertiary/aromatic N) is 1. The molecule has 1 unspecified atom stereocenters. The summed E-state index contributed by atoms with van der Waals surface area (Å²) >= 11 is 0. The largest absolute Gasteiger partial charge is 0.350 e. The standard InChI is InChI=1S/C21H32N4O2/c1-15-5-4-12-25(13-15)21(2,3)14-22-19(26)16-6-8-17(9-7-16)23-20(27)24-18-10-11-18/h6-9,15,18H,4-5,10-14H2,1-3H3,(H,22,26)(H2,23,24,27). The summed E-state index contributed by atoms with van der Waals surface area (Å²) in [4.78, 5) is 26.7. The Kier molecular flexibility index (Phi) is 6.05. The second kappa shape index (κ2) is 8.30. The molecule has 1 aromatic carbocycles. The molecule has 0 radical (unpaired) electrons. The maximum absolute atomic E-state index is 12.5. The number of rotatable bonds is 6. The number of nitrogens with one attached hydrogen (secondary N) is 3. The Morgan fingerprint density at radius 3 is 2.48 bits per heavy atom. The molecule has 3 N–H and O–H groups in total. The van der Waals surface area contributed by atoms with E-state index in [9.17, 15) is 9.59 Å². The molecule has 2 fully saturated rings. The van der Waals surface area contributed by atoms with Gasteiger partial charge in [-0.15, -0.1) is 0 Å². The Hall–Kier alpha value is -2.08. The number of anilines is 1. The van der Waals surface area contributed by atoms with Crippen LogP contribution in [0.3, 0.4) is 0 Å². The number of carbonyl (C=O) groups excluding carboxylic acids is 2. The number of likely N-dealkylation sites (tertiary alicyclic amines) is 1. The highest BCUT2D eigenvalue weighted by molar-refractivity contribution is 5.95. The van der Waals surface area contributed by atoms with Gasteiger partial charge in [-0.25, -0.2) is 4.79 Å². The zero-order valence-electron chi connectivity index (χ0n) is 16.7. The third kappa shape index (κ3) is 5.70. The molecule has 148 valence electrons. The minimum absolute atomic E-state index is 0.0628. The first-order valence-electron chi connectivity index (χ1n) is 10.0. The molecule has 1 saturated heterocycles. The van der Waals surface area contributed by atoms with E-state index in [0.29, 0.717) is 29.8 Å². The van der Waals surface area contributed by atoms with Crippen LogP contribution in [0.25, 0.3) is 0 Å². The van der Waals surface area contributed by atoms with Crippen molar-refractivity contribution in [3.63, 3.8) is 0 Å². The van der Waals surface area contributed by atoms with Crippen LogP contribution in [-0.2, 0) is 0 Å². The van der Waals surface area contributed by atoms with Gasteiger partial charge in [0.05, 0.1) is 0 Å². The summed E-state index contributed by atoms with van der Waals surface area (Å²) < 4.78 is 0. The fraction of sp³-hybridized carbons (Fsp3) is 0.619. The normalized spacial score (nSPS) is 20.8. The third-order valence-electron chi connectivity index (χ3n) is 5.51. The molecule has 1 aliphatic carbocycles. The number of benzene rings is 1. The Labute approximate surface area is 162 Å². The number of hydrogen-bond acceptors (Lipinski definition) is 3. The number of piperidine rings is 1. The lowest BCUT2D eigenvalue weighted by atomic mass is 9.93. The Bertz CT molecular complexity index is 667. The van der Waals surface area contributed by atoms with E-state index in [0.717, 1.165) is 25.9 Å². The first-order valence-corrected chi connectivity index (χ1v) is 10.0. The molecule has 0 bridgehead atoms. The van der Waals surface area contributed by atoms with Crippen LogP contribution < -0.4 is 16.0 Å². The highest BCUT2D eigenvalue weighted by Gasteiger charge is 2.30. The van der Waals surface area contributed by atoms with Crippen molar-refractivity contribution in [2.45, 2.75) is 58.0 Å². The van der Waals surface area contributed by atoms with E-state index in [4.69, 9.17) is 0 Å². The predicted molar refractivity (Wildman–Crippen MR) is 108 cm³/mol. The SMILES string of the molecule is CC1CCCN(C(C)(C)CNC(=O)c2ccc(NC(=O)NC3CC3)cc2)C1. The van der Waals surface area contributed by atoms with E-state index in [1.165, 1.54) is 12.8 Å². The van der Waals surface area contributed by atoms with Crippen LogP contribution in [-0.4, -0.2) is 48.1 Å². The molecule has 6 nitrogen and oxygen atoms in total. The molecular formula is C21H32N4O2. The van der Waals surface area contributed by atoms with Crippen molar-refractivity contribution in [1.82, 2.24) is 15.5 Å². The van der Waals surface area contributed by atoms with E-state index in [1.54, 1.807) is 24.3 Å². The van der Waals surface area contributed by atoms with Gasteiger partial charge in [-0.3, -0.25) is 9.69 Å². The molecule has 1 aromatic rings. The Balaban J connectivity index is 1.49. The van der Waals surface area contributed by atoms with Gasteiger partial charge in [0.25, 0.3) is 5.91 Å². The van der Waals surface area contributed by atoms with Gasteiger partial charge in [-0.05, 0) is 76.3 Å². The summed E-state index contributed by atoms with van der Waals surface area (Å²) in [5.74, 6) is 0.632. The lowest BCUT2D eigenvalue weighted by Crippen LogP contribution is -2.54. The summed E-state index contributed by atoms with van der Waals surface area (Å²) in [5, 5.41) is 8.74. The van der Waals surface area contributed by atoms with Crippen molar-refractivity contribution in [2.24, 2.45) is 5.92 Å². The van der Waals surface area contributed by atoms with Crippen molar-refractivity contribution in [3.05, 3.63) is 29.8 Å². The molecule has 6 heteroatoms. The quantitative estimate of drug-likeness (QED) is 0.718. The first kappa shape index (κ1) is 19.7. The molecule has 27 heavy (non-hydrogen) atoms. The van der Waals surface area contributed by atoms with Gasteiger partial charge in [0.1, 0.15) is 0 Å². The molecule has 2 aliphatic rings. The molecule has 1 atom stereocenters. The summed E-state index contributed by atoms with van der Waals surface area (Å²) in [6, 6.07) is 7.15. The predicted octanol–water partition coefficient (Wildman–Crippen LogP) is 3.21. The maximum atomic E-state index is 12.5. The highest BCUT2D eigenvalue weighted by Crippen LogP contribution is 2.23. The number of urea groups is 1. The fourth-order valence-corrected chi connectivity index (χ4v) is 3.53. The highest BCUT2D eigenvalue weighted by atomic mass is 16.2. The lowest BCUT2D eigenvalue weighted by Gasteiger charge is -2.43. The van der Waals surface area contributed by atoms with Gasteiger partial charge in [0.2, 0.25) is 0 Å². The zero-order chi connectivity index (χ0) is 19.4. The fourth-order valence-electron chi connectivity index (χ4n) is 3.53. The molecule has 0 spiro atoms. The van der Waals surface area contributed by atoms with E-state index in [2.05, 4.69) is 41.6 Å². The van der Waals surface area contributed by atoms with E-state index >= 15 is 0 Å². The number of hydrogen-bond donors (Lipinski definition) is 3. The van der Waals surface area contributed by atoms with Gasteiger partial charge >= 0.3 is 6.03 Å². The maximum Gasteiger partial charge on any atom is 0.319 e. The molecule has 3 rings (SSSR count). The number of amides is 3. The summed E-state index contributed by atoms with van der Waals surface area (Å²) in [6.45, 7) is 9.47. The minimum atomic E-state index is -0.188. The third-order valence-corrected chi connectivity index (χ3v) is 5.51. The second-order valence-corrected chi connectivity index (χ2v) is 8.64. The van der Waals surface area contributed by atoms with Gasteiger partial charge in [-0.1, -0.05) is 6.92 Å². The van der Waals surface area contributed by atoms with Gasteiger partial charge < -0.3 is 16.0 Å². The number of carbonyl (C=O) groups is 2. The minimum Gasteiger partial charge on any atom is -0.350 e. The van der Waals surface area contributed by atoms with Crippen molar-refractivity contribution in [1.29, 1.82) is 0 Å². The van der Waals surface area contributed by atoms with Gasteiger partial charge in [0, 0.05) is 35.9 Å². The Morgan fingerprint density at radius 1 is 1.15 bits per heavy atom. The van der Waals surface area contributed by atoms with Crippen molar-refractivity contribution < 1.29 is 9.59 Å². The molecule has 1 heterocycles. The van der Waals surface area contributed by atoms with Crippen molar-refractivity contribution in [2.75, 3.05) is 25.0 Å². The zero-order valence-corrected chi connectivity index (χ0v) is 16.7. The molecule has 1 saturated carbocycles. The summed E-state index contributed by atoms with van der Waals surface area (Å²) in [5.41, 5.74) is 1.23. The summed E-state index contributed by atoms with van der Waals surface area (Å²) in [6.07, 6.45) is 4.62. The van der Waals surface area contributed by atoms with Crippen LogP contribution in [0.2, 0.25) is 0 Å². The van der Waals surface area contributed by atoms with E-state index in [-0.39, 0.29) is 17.5 Å². The topological polar surface area (TPSA) is 73.5 Å². The van der Waals surface area contributed by atoms with Crippen LogP contribution in [0.5, 0.6) is 0 Å². The van der Waals surface area contributed by atoms with Gasteiger partial charge in [-0.2, -0.15) is 0 Å². The summed E-state index contributed by atoms with van der Waals surface area (Å²) in [7, 11) is 0. The van der Waals surface area contributed by atoms with E-state index < -0.39 is 0 Å². The van der Waals surface area contributed by atoms with Crippen molar-refractivity contribution in [3.8, 4) is 0 Å². The lowest BCUT2D eigenvalue weighted by molar-refractivity contribution is 0.0657. The molecule has 1 aliphatic heterocycles. The average molecular weight is 373 g/mol. The van der Waals surface area contributed by atoms with Crippen LogP contribution in [0.4, 0.5) is 10.5 Å². The molecule has 3 amide bonds. The average Bonchev–Trinajstić information content (AvgIpc) is 3.44. The first-order chi connectivity index (χ1) is 12.8. The Morgan fingerprint density at radius 2 is 1.85 bits per heavy atom. The van der Waals surface area contributed by atoms with Crippen LogP contribution in [0, 0.1) is 5.92 Å². The smallest absolute Gasteiger partial charge is 0.319 e. The second-order valence-electron chi connectivity index (χ2n) is 8.64. The monoisotopic (exact) mass is 372 g/mol. The van der Waals surface area contributed by atoms with Crippen LogP contribution >= 0.6 is 0 Å². The van der Waals surface area contributed by atoms with Crippen LogP contribution in [0.15, 0.2) is 24.3 Å². The van der Waals surface area contributed by atoms with Gasteiger partial charge in [0.15, 0.2) is 0 Å². The molecular weight excluding hydrogens is 340 g/mol. The van der Waals surface area contributed by atoms with E-state index in [1.807, 2.05) is 0 Å².